The number of nitrogens with zero attached hydrogens (tertiary/aromatic N) is 2. The predicted molar refractivity (Wildman–Crippen MR) is 144 cm³/mol. The lowest BCUT2D eigenvalue weighted by Gasteiger charge is -2.20. The summed E-state index contributed by atoms with van der Waals surface area (Å²) in [5.41, 5.74) is 1.21. The second-order valence-electron chi connectivity index (χ2n) is 9.87. The van der Waals surface area contributed by atoms with Crippen LogP contribution in [0.25, 0.3) is 10.9 Å². The number of aromatic nitrogens is 2. The molecular formula is C30H28ClFN2O4. The lowest BCUT2D eigenvalue weighted by atomic mass is 9.86. The van der Waals surface area contributed by atoms with Crippen LogP contribution in [0.15, 0.2) is 60.9 Å². The van der Waals surface area contributed by atoms with Gasteiger partial charge in [-0.3, -0.25) is 9.59 Å². The molecule has 4 aromatic rings. The van der Waals surface area contributed by atoms with Crippen molar-refractivity contribution in [3.05, 3.63) is 94.0 Å². The van der Waals surface area contributed by atoms with E-state index in [1.54, 1.807) is 32.0 Å². The second kappa shape index (κ2) is 11.4. The Morgan fingerprint density at radius 1 is 1.05 bits per heavy atom. The number of aliphatic hydroxyl groups excluding tert-OH is 1. The van der Waals surface area contributed by atoms with Crippen LogP contribution in [0.1, 0.15) is 47.3 Å². The van der Waals surface area contributed by atoms with E-state index >= 15 is 4.39 Å². The van der Waals surface area contributed by atoms with Crippen LogP contribution in [0.2, 0.25) is 5.02 Å². The number of para-hydroxylation sites is 1. The average molecular weight is 535 g/mol. The first-order chi connectivity index (χ1) is 18.1. The number of rotatable bonds is 10. The molecule has 6 nitrogen and oxygen atoms in total. The summed E-state index contributed by atoms with van der Waals surface area (Å²) in [4.78, 5) is 34.3. The van der Waals surface area contributed by atoms with Gasteiger partial charge in [0.15, 0.2) is 5.78 Å². The lowest BCUT2D eigenvalue weighted by molar-refractivity contribution is -0.128. The summed E-state index contributed by atoms with van der Waals surface area (Å²) < 4.78 is 21.4. The van der Waals surface area contributed by atoms with E-state index in [0.717, 1.165) is 5.56 Å². The minimum Gasteiger partial charge on any atom is -0.438 e. The summed E-state index contributed by atoms with van der Waals surface area (Å²) >= 11 is 6.26. The Balaban J connectivity index is 1.60. The molecule has 0 bridgehead atoms. The maximum absolute atomic E-state index is 15.5. The fourth-order valence-corrected chi connectivity index (χ4v) is 4.37. The zero-order chi connectivity index (χ0) is 27.4. The monoisotopic (exact) mass is 534 g/mol. The van der Waals surface area contributed by atoms with Crippen LogP contribution in [-0.2, 0) is 17.6 Å². The Morgan fingerprint density at radius 3 is 2.55 bits per heavy atom. The molecule has 3 aromatic carbocycles. The van der Waals surface area contributed by atoms with Gasteiger partial charge in [-0.1, -0.05) is 55.8 Å². The van der Waals surface area contributed by atoms with Crippen LogP contribution in [0.3, 0.4) is 0 Å². The molecule has 0 spiro atoms. The van der Waals surface area contributed by atoms with E-state index in [9.17, 15) is 14.7 Å². The normalized spacial score (nSPS) is 11.5. The van der Waals surface area contributed by atoms with Gasteiger partial charge in [0, 0.05) is 18.3 Å². The number of hydrogen-bond donors (Lipinski definition) is 1. The van der Waals surface area contributed by atoms with E-state index in [2.05, 4.69) is 9.97 Å². The molecule has 0 amide bonds. The molecule has 1 heterocycles. The number of carbonyl (C=O) groups excluding carboxylic acids is 2. The van der Waals surface area contributed by atoms with Gasteiger partial charge in [-0.2, -0.15) is 0 Å². The summed E-state index contributed by atoms with van der Waals surface area (Å²) in [6, 6.07) is 15.8. The topological polar surface area (TPSA) is 89.4 Å². The van der Waals surface area contributed by atoms with Crippen LogP contribution >= 0.6 is 11.6 Å². The van der Waals surface area contributed by atoms with Gasteiger partial charge in [0.25, 0.3) is 0 Å². The molecule has 0 unspecified atom stereocenters. The van der Waals surface area contributed by atoms with Crippen molar-refractivity contribution in [3.8, 4) is 11.6 Å². The molecule has 0 saturated carbocycles. The van der Waals surface area contributed by atoms with E-state index in [1.165, 1.54) is 18.5 Å². The average Bonchev–Trinajstić information content (AvgIpc) is 2.88. The largest absolute Gasteiger partial charge is 0.438 e. The van der Waals surface area contributed by atoms with Crippen molar-refractivity contribution in [3.63, 3.8) is 0 Å². The maximum Gasteiger partial charge on any atom is 0.230 e. The Kier molecular flexibility index (Phi) is 8.19. The number of carbonyl (C=O) groups is 2. The number of halogens is 2. The van der Waals surface area contributed by atoms with Crippen molar-refractivity contribution in [1.82, 2.24) is 9.97 Å². The molecule has 0 atom stereocenters. The Labute approximate surface area is 225 Å². The Morgan fingerprint density at radius 2 is 1.82 bits per heavy atom. The molecule has 1 N–H and O–H groups in total. The lowest BCUT2D eigenvalue weighted by Crippen LogP contribution is -2.28. The fourth-order valence-electron chi connectivity index (χ4n) is 4.12. The SMILES string of the molecule is Cc1cccc(Oc2ncnc3c(CC(=O)c4c(Cl)ccc(CCC(=O)C(C)(C)CO)c4F)cccc23)c1. The van der Waals surface area contributed by atoms with E-state index in [4.69, 9.17) is 16.3 Å². The molecule has 0 saturated heterocycles. The summed E-state index contributed by atoms with van der Waals surface area (Å²) in [6.07, 6.45) is 1.34. The summed E-state index contributed by atoms with van der Waals surface area (Å²) in [6.45, 7) is 4.92. The number of benzene rings is 3. The smallest absolute Gasteiger partial charge is 0.230 e. The highest BCUT2D eigenvalue weighted by atomic mass is 35.5. The van der Waals surface area contributed by atoms with Crippen molar-refractivity contribution in [1.29, 1.82) is 0 Å². The second-order valence-corrected chi connectivity index (χ2v) is 10.3. The van der Waals surface area contributed by atoms with E-state index in [1.807, 2.05) is 31.2 Å². The first-order valence-corrected chi connectivity index (χ1v) is 12.6. The molecule has 0 aliphatic rings. The fraction of sp³-hybridized carbons (Fsp3) is 0.267. The number of ketones is 2. The highest BCUT2D eigenvalue weighted by Gasteiger charge is 2.27. The zero-order valence-corrected chi connectivity index (χ0v) is 22.2. The molecule has 38 heavy (non-hydrogen) atoms. The standard InChI is InChI=1S/C30H28ClFN2O4/c1-18-6-4-8-21(14-18)38-29-22-9-5-7-20(28(22)33-17-34-29)15-24(36)26-23(31)12-10-19(27(26)32)11-13-25(37)30(2,3)16-35/h4-10,12,14,17,35H,11,13,15-16H2,1-3H3. The Bertz CT molecular complexity index is 1520. The predicted octanol–water partition coefficient (Wildman–Crippen LogP) is 6.47. The number of ether oxygens (including phenoxy) is 1. The molecule has 0 aliphatic carbocycles. The third-order valence-electron chi connectivity index (χ3n) is 6.49. The van der Waals surface area contributed by atoms with Crippen molar-refractivity contribution < 1.29 is 23.8 Å². The molecule has 0 aliphatic heterocycles. The van der Waals surface area contributed by atoms with Crippen LogP contribution in [0.5, 0.6) is 11.6 Å². The van der Waals surface area contributed by atoms with Crippen molar-refractivity contribution >= 4 is 34.1 Å². The van der Waals surface area contributed by atoms with E-state index in [-0.39, 0.29) is 47.8 Å². The van der Waals surface area contributed by atoms with Gasteiger partial charge < -0.3 is 9.84 Å². The van der Waals surface area contributed by atoms with Crippen molar-refractivity contribution in [2.24, 2.45) is 5.41 Å². The van der Waals surface area contributed by atoms with E-state index < -0.39 is 17.0 Å². The molecule has 1 aromatic heterocycles. The number of Topliss-reactive ketones (excluding diaryl/α,β-unsaturated/α-hetero) is 2. The first-order valence-electron chi connectivity index (χ1n) is 12.2. The summed E-state index contributed by atoms with van der Waals surface area (Å²) in [5.74, 6) is -0.477. The van der Waals surface area contributed by atoms with Crippen molar-refractivity contribution in [2.75, 3.05) is 6.61 Å². The van der Waals surface area contributed by atoms with Crippen LogP contribution in [0, 0.1) is 18.2 Å². The quantitative estimate of drug-likeness (QED) is 0.235. The van der Waals surface area contributed by atoms with Gasteiger partial charge >= 0.3 is 0 Å². The highest BCUT2D eigenvalue weighted by molar-refractivity contribution is 6.34. The van der Waals surface area contributed by atoms with Gasteiger partial charge in [0.1, 0.15) is 23.7 Å². The minimum atomic E-state index is -0.917. The number of aliphatic hydroxyl groups is 1. The molecule has 0 radical (unpaired) electrons. The van der Waals surface area contributed by atoms with Gasteiger partial charge in [-0.25, -0.2) is 14.4 Å². The van der Waals surface area contributed by atoms with Crippen molar-refractivity contribution in [2.45, 2.75) is 40.0 Å². The van der Waals surface area contributed by atoms with Crippen LogP contribution < -0.4 is 4.74 Å². The van der Waals surface area contributed by atoms with Gasteiger partial charge in [0.05, 0.1) is 28.1 Å². The molecule has 196 valence electrons. The molecule has 0 fully saturated rings. The summed E-state index contributed by atoms with van der Waals surface area (Å²) in [7, 11) is 0. The van der Waals surface area contributed by atoms with Crippen LogP contribution in [0.4, 0.5) is 4.39 Å². The van der Waals surface area contributed by atoms with E-state index in [0.29, 0.717) is 28.1 Å². The zero-order valence-electron chi connectivity index (χ0n) is 21.4. The minimum absolute atomic E-state index is 0.00315. The van der Waals surface area contributed by atoms with Gasteiger partial charge in [-0.05, 0) is 54.3 Å². The van der Waals surface area contributed by atoms with Gasteiger partial charge in [0.2, 0.25) is 5.88 Å². The number of fused-ring (bicyclic) bond motifs is 1. The number of hydrogen-bond acceptors (Lipinski definition) is 6. The van der Waals surface area contributed by atoms with Gasteiger partial charge in [-0.15, -0.1) is 0 Å². The van der Waals surface area contributed by atoms with Crippen LogP contribution in [-0.4, -0.2) is 33.2 Å². The summed E-state index contributed by atoms with van der Waals surface area (Å²) in [5, 5.41) is 10.0. The Hall–Kier alpha value is -3.68. The highest BCUT2D eigenvalue weighted by Crippen LogP contribution is 2.31. The molecule has 4 rings (SSSR count). The molecular weight excluding hydrogens is 507 g/mol. The number of aryl methyl sites for hydroxylation is 2. The third kappa shape index (κ3) is 5.90. The first kappa shape index (κ1) is 27.4. The maximum atomic E-state index is 15.5. The molecule has 8 heteroatoms. The third-order valence-corrected chi connectivity index (χ3v) is 6.80.